The Morgan fingerprint density at radius 2 is 2.07 bits per heavy atom. The van der Waals surface area contributed by atoms with E-state index in [2.05, 4.69) is 21.2 Å². The second-order valence-corrected chi connectivity index (χ2v) is 8.56. The zero-order valence-corrected chi connectivity index (χ0v) is 16.1. The van der Waals surface area contributed by atoms with Gasteiger partial charge in [-0.25, -0.2) is 4.79 Å². The lowest BCUT2D eigenvalue weighted by atomic mass is 9.82. The van der Waals surface area contributed by atoms with E-state index < -0.39 is 11.9 Å². The molecule has 1 saturated carbocycles. The highest BCUT2D eigenvalue weighted by Crippen LogP contribution is 2.41. The Kier molecular flexibility index (Phi) is 4.23. The summed E-state index contributed by atoms with van der Waals surface area (Å²) in [5.74, 6) is -0.632. The lowest BCUT2D eigenvalue weighted by molar-refractivity contribution is -0.136. The summed E-state index contributed by atoms with van der Waals surface area (Å²) in [5.41, 5.74) is 0.929. The number of nitrogens with one attached hydrogen (secondary N) is 1. The molecule has 0 spiro atoms. The third-order valence-corrected chi connectivity index (χ3v) is 6.83. The van der Waals surface area contributed by atoms with E-state index in [1.54, 1.807) is 13.3 Å². The number of ketones is 1. The van der Waals surface area contributed by atoms with Crippen molar-refractivity contribution >= 4 is 11.8 Å². The second-order valence-electron chi connectivity index (χ2n) is 8.56. The Bertz CT molecular complexity index is 783. The van der Waals surface area contributed by atoms with E-state index in [0.29, 0.717) is 23.8 Å². The summed E-state index contributed by atoms with van der Waals surface area (Å²) in [6.45, 7) is 3.02. The number of piperidine rings is 1. The number of hydrogen-bond donors (Lipinski definition) is 2. The number of fused-ring (bicyclic) bond motifs is 2. The van der Waals surface area contributed by atoms with Gasteiger partial charge in [0, 0.05) is 31.4 Å². The molecular formula is C21H27N3O4. The van der Waals surface area contributed by atoms with Gasteiger partial charge in [-0.1, -0.05) is 0 Å². The first-order valence-electron chi connectivity index (χ1n) is 10.3. The van der Waals surface area contributed by atoms with E-state index in [9.17, 15) is 14.7 Å². The van der Waals surface area contributed by atoms with E-state index in [1.165, 1.54) is 12.8 Å². The van der Waals surface area contributed by atoms with E-state index in [0.717, 1.165) is 38.2 Å². The van der Waals surface area contributed by atoms with Crippen LogP contribution < -0.4 is 5.32 Å². The smallest absolute Gasteiger partial charge is 0.340 e. The van der Waals surface area contributed by atoms with Crippen LogP contribution in [0, 0.1) is 11.8 Å². The summed E-state index contributed by atoms with van der Waals surface area (Å²) in [5, 5.41) is 13.1. The molecule has 7 nitrogen and oxygen atoms in total. The lowest BCUT2D eigenvalue weighted by Crippen LogP contribution is -2.48. The Hall–Kier alpha value is -2.28. The summed E-state index contributed by atoms with van der Waals surface area (Å²) in [6.07, 6.45) is 10.1. The molecule has 0 aromatic rings. The lowest BCUT2D eigenvalue weighted by Gasteiger charge is -2.41. The van der Waals surface area contributed by atoms with Crippen LogP contribution in [0.5, 0.6) is 0 Å². The number of likely N-dealkylation sites (tertiary alicyclic amines) is 1. The molecule has 0 aromatic carbocycles. The molecule has 2 N–H and O–H groups in total. The summed E-state index contributed by atoms with van der Waals surface area (Å²) in [4.78, 5) is 28.9. The topological polar surface area (TPSA) is 82.1 Å². The number of carboxylic acid groups (broad SMARTS) is 1. The van der Waals surface area contributed by atoms with Gasteiger partial charge < -0.3 is 25.0 Å². The van der Waals surface area contributed by atoms with Crippen molar-refractivity contribution in [2.24, 2.45) is 11.8 Å². The van der Waals surface area contributed by atoms with Crippen LogP contribution in [-0.4, -0.2) is 71.5 Å². The zero-order chi connectivity index (χ0) is 19.4. The number of carboxylic acids is 1. The molecular weight excluding hydrogens is 358 g/mol. The molecule has 0 aromatic heterocycles. The van der Waals surface area contributed by atoms with Crippen molar-refractivity contribution in [2.75, 3.05) is 26.7 Å². The van der Waals surface area contributed by atoms with Gasteiger partial charge in [-0.2, -0.15) is 0 Å². The van der Waals surface area contributed by atoms with Gasteiger partial charge in [0.15, 0.2) is 5.78 Å². The number of methoxy groups -OCH3 is 1. The predicted molar refractivity (Wildman–Crippen MR) is 102 cm³/mol. The first-order valence-corrected chi connectivity index (χ1v) is 10.3. The van der Waals surface area contributed by atoms with Crippen molar-refractivity contribution in [2.45, 2.75) is 43.8 Å². The average molecular weight is 385 g/mol. The molecule has 5 aliphatic rings. The maximum absolute atomic E-state index is 12.9. The number of rotatable bonds is 4. The largest absolute Gasteiger partial charge is 0.495 e. The summed E-state index contributed by atoms with van der Waals surface area (Å²) in [7, 11) is 1.63. The quantitative estimate of drug-likeness (QED) is 0.701. The van der Waals surface area contributed by atoms with Crippen molar-refractivity contribution in [3.8, 4) is 0 Å². The fraction of sp³-hybridized carbons (Fsp3) is 0.619. The molecule has 4 atom stereocenters. The minimum atomic E-state index is -1.15. The second kappa shape index (κ2) is 6.65. The van der Waals surface area contributed by atoms with Gasteiger partial charge >= 0.3 is 5.97 Å². The minimum Gasteiger partial charge on any atom is -0.495 e. The Labute approximate surface area is 164 Å². The van der Waals surface area contributed by atoms with Crippen LogP contribution in [0.25, 0.3) is 0 Å². The number of hydrogen-bond acceptors (Lipinski definition) is 6. The van der Waals surface area contributed by atoms with Crippen LogP contribution >= 0.6 is 0 Å². The summed E-state index contributed by atoms with van der Waals surface area (Å²) < 4.78 is 5.67. The fourth-order valence-corrected chi connectivity index (χ4v) is 5.23. The normalized spacial score (nSPS) is 34.9. The third-order valence-electron chi connectivity index (χ3n) is 6.83. The van der Waals surface area contributed by atoms with E-state index in [4.69, 9.17) is 4.74 Å². The van der Waals surface area contributed by atoms with E-state index in [-0.39, 0.29) is 17.4 Å². The van der Waals surface area contributed by atoms with Crippen LogP contribution in [0.1, 0.15) is 25.7 Å². The fourth-order valence-electron chi connectivity index (χ4n) is 5.23. The van der Waals surface area contributed by atoms with Gasteiger partial charge in [0.2, 0.25) is 0 Å². The molecule has 0 amide bonds. The highest BCUT2D eigenvalue weighted by molar-refractivity contribution is 6.18. The van der Waals surface area contributed by atoms with Crippen molar-refractivity contribution in [1.82, 2.24) is 15.1 Å². The molecule has 2 aliphatic carbocycles. The van der Waals surface area contributed by atoms with Crippen LogP contribution in [-0.2, 0) is 14.3 Å². The first kappa shape index (κ1) is 17.8. The number of nitrogens with zero attached hydrogens (tertiary/aromatic N) is 2. The van der Waals surface area contributed by atoms with Gasteiger partial charge in [0.25, 0.3) is 0 Å². The van der Waals surface area contributed by atoms with Gasteiger partial charge in [0.1, 0.15) is 11.3 Å². The minimum absolute atomic E-state index is 0.118. The molecule has 3 fully saturated rings. The molecule has 3 heterocycles. The molecule has 0 radical (unpaired) electrons. The molecule has 2 saturated heterocycles. The van der Waals surface area contributed by atoms with Gasteiger partial charge in [-0.3, -0.25) is 4.79 Å². The van der Waals surface area contributed by atoms with Gasteiger partial charge in [-0.15, -0.1) is 0 Å². The van der Waals surface area contributed by atoms with Gasteiger partial charge in [0.05, 0.1) is 24.8 Å². The van der Waals surface area contributed by atoms with Crippen LogP contribution in [0.15, 0.2) is 35.4 Å². The first-order chi connectivity index (χ1) is 13.6. The summed E-state index contributed by atoms with van der Waals surface area (Å²) >= 11 is 0. The monoisotopic (exact) mass is 385 g/mol. The maximum Gasteiger partial charge on any atom is 0.340 e. The average Bonchev–Trinajstić information content (AvgIpc) is 3.44. The van der Waals surface area contributed by atoms with E-state index in [1.807, 2.05) is 6.08 Å². The van der Waals surface area contributed by atoms with Crippen LogP contribution in [0.2, 0.25) is 0 Å². The van der Waals surface area contributed by atoms with Crippen molar-refractivity contribution < 1.29 is 19.4 Å². The SMILES string of the molecule is COC1=CC2C(=O)C(C(=O)O)=CN(C3CC3)C2C=C1N1CC2CCCNC2C1. The highest BCUT2D eigenvalue weighted by Gasteiger charge is 2.46. The van der Waals surface area contributed by atoms with Gasteiger partial charge in [-0.05, 0) is 50.3 Å². The number of aliphatic carboxylic acids is 1. The van der Waals surface area contributed by atoms with Crippen molar-refractivity contribution in [3.63, 3.8) is 0 Å². The van der Waals surface area contributed by atoms with Crippen molar-refractivity contribution in [3.05, 3.63) is 35.4 Å². The van der Waals surface area contributed by atoms with Crippen LogP contribution in [0.3, 0.4) is 0 Å². The summed E-state index contributed by atoms with van der Waals surface area (Å²) in [6, 6.07) is 0.705. The number of ether oxygens (including phenoxy) is 1. The maximum atomic E-state index is 12.9. The Morgan fingerprint density at radius 1 is 1.25 bits per heavy atom. The number of carbonyl (C=O) groups is 2. The molecule has 0 bridgehead atoms. The molecule has 3 aliphatic heterocycles. The van der Waals surface area contributed by atoms with E-state index >= 15 is 0 Å². The third kappa shape index (κ3) is 2.83. The van der Waals surface area contributed by atoms with Crippen molar-refractivity contribution in [1.29, 1.82) is 0 Å². The predicted octanol–water partition coefficient (Wildman–Crippen LogP) is 1.10. The standard InChI is InChI=1S/C21H27N3O4/c1-28-19-7-14-17(24(13-4-5-13)10-15(20(14)25)21(26)27)8-18(19)23-9-12-3-2-6-22-16(12)11-23/h7-8,10,12-14,16-17,22H,2-6,9,11H2,1H3,(H,26,27). The highest BCUT2D eigenvalue weighted by atomic mass is 16.5. The molecule has 5 rings (SSSR count). The number of Topliss-reactive ketones (excluding diaryl/α,β-unsaturated/α-hetero) is 1. The molecule has 7 heteroatoms. The van der Waals surface area contributed by atoms with Crippen LogP contribution in [0.4, 0.5) is 0 Å². The molecule has 150 valence electrons. The number of carbonyl (C=O) groups excluding carboxylic acids is 1. The zero-order valence-electron chi connectivity index (χ0n) is 16.1. The molecule has 28 heavy (non-hydrogen) atoms. The Morgan fingerprint density at radius 3 is 2.75 bits per heavy atom. The Balaban J connectivity index is 1.49. The molecule has 4 unspecified atom stereocenters.